The van der Waals surface area contributed by atoms with Gasteiger partial charge in [0.15, 0.2) is 11.6 Å². The van der Waals surface area contributed by atoms with Crippen molar-refractivity contribution in [2.24, 2.45) is 0 Å². The van der Waals surface area contributed by atoms with Gasteiger partial charge in [0, 0.05) is 19.3 Å². The number of fused-ring (bicyclic) bond motifs is 1. The second-order valence-electron chi connectivity index (χ2n) is 5.59. The van der Waals surface area contributed by atoms with Gasteiger partial charge in [-0.05, 0) is 29.7 Å². The Morgan fingerprint density at radius 3 is 2.84 bits per heavy atom. The highest BCUT2D eigenvalue weighted by atomic mass is 32.2. The van der Waals surface area contributed by atoms with Crippen molar-refractivity contribution in [1.82, 2.24) is 4.98 Å². The van der Waals surface area contributed by atoms with Gasteiger partial charge in [0.05, 0.1) is 11.9 Å². The van der Waals surface area contributed by atoms with Crippen LogP contribution < -0.4 is 14.4 Å². The maximum absolute atomic E-state index is 12.5. The highest BCUT2D eigenvalue weighted by Gasteiger charge is 2.28. The van der Waals surface area contributed by atoms with Gasteiger partial charge in [-0.25, -0.2) is 13.4 Å². The van der Waals surface area contributed by atoms with E-state index in [1.807, 2.05) is 12.1 Å². The van der Waals surface area contributed by atoms with Crippen molar-refractivity contribution in [3.63, 3.8) is 0 Å². The number of halogens is 2. The summed E-state index contributed by atoms with van der Waals surface area (Å²) in [4.78, 5) is 4.01. The number of alkyl halides is 2. The van der Waals surface area contributed by atoms with Crippen molar-refractivity contribution in [3.05, 3.63) is 47.7 Å². The average Bonchev–Trinajstić information content (AvgIpc) is 2.98. The molecule has 1 aliphatic heterocycles. The third-order valence-corrected chi connectivity index (χ3v) is 5.04. The molecule has 1 aliphatic rings. The Morgan fingerprint density at radius 2 is 2.12 bits per heavy atom. The quantitative estimate of drug-likeness (QED) is 0.848. The van der Waals surface area contributed by atoms with Crippen molar-refractivity contribution in [2.45, 2.75) is 19.6 Å². The van der Waals surface area contributed by atoms with Crippen LogP contribution in [0.3, 0.4) is 0 Å². The molecule has 0 unspecified atom stereocenters. The molecule has 2 heterocycles. The molecule has 0 radical (unpaired) electrons. The lowest BCUT2D eigenvalue weighted by molar-refractivity contribution is -0.0495. The number of nitrogens with zero attached hydrogens (tertiary/aromatic N) is 2. The van der Waals surface area contributed by atoms with E-state index in [9.17, 15) is 17.2 Å². The number of nitrogens with one attached hydrogen (secondary N) is 1. The summed E-state index contributed by atoms with van der Waals surface area (Å²) in [5.74, 6) is 0.106. The molecule has 1 aromatic heterocycles. The molecule has 0 spiro atoms. The number of ether oxygens (including phenoxy) is 1. The molecule has 0 atom stereocenters. The van der Waals surface area contributed by atoms with E-state index in [2.05, 4.69) is 15.0 Å². The standard InChI is InChI=1S/C16H17F2N3O3S/c1-25(22,23)21-9-7-11-4-2-5-12(14(11)21)10-20-15-13(24-16(17)18)6-3-8-19-15/h2-6,8,16H,7,9-10H2,1H3,(H,19,20). The number of hydrogen-bond acceptors (Lipinski definition) is 5. The number of hydrogen-bond donors (Lipinski definition) is 1. The summed E-state index contributed by atoms with van der Waals surface area (Å²) in [6, 6.07) is 8.41. The first-order valence-corrected chi connectivity index (χ1v) is 9.43. The Bertz CT molecular complexity index is 875. The van der Waals surface area contributed by atoms with E-state index >= 15 is 0 Å². The van der Waals surface area contributed by atoms with Gasteiger partial charge in [-0.2, -0.15) is 8.78 Å². The minimum absolute atomic E-state index is 0.0648. The molecule has 1 aromatic carbocycles. The van der Waals surface area contributed by atoms with E-state index in [4.69, 9.17) is 0 Å². The third-order valence-electron chi connectivity index (χ3n) is 3.87. The van der Waals surface area contributed by atoms with Gasteiger partial charge in [0.25, 0.3) is 0 Å². The zero-order valence-corrected chi connectivity index (χ0v) is 14.3. The largest absolute Gasteiger partial charge is 0.431 e. The summed E-state index contributed by atoms with van der Waals surface area (Å²) in [7, 11) is -3.38. The minimum atomic E-state index is -3.38. The lowest BCUT2D eigenvalue weighted by atomic mass is 10.1. The van der Waals surface area contributed by atoms with Crippen LogP contribution in [0.1, 0.15) is 11.1 Å². The molecule has 0 bridgehead atoms. The molecule has 2 aromatic rings. The monoisotopic (exact) mass is 369 g/mol. The van der Waals surface area contributed by atoms with E-state index in [1.54, 1.807) is 6.07 Å². The Morgan fingerprint density at radius 1 is 1.32 bits per heavy atom. The molecule has 9 heteroatoms. The summed E-state index contributed by atoms with van der Waals surface area (Å²) in [6.07, 6.45) is 3.26. The van der Waals surface area contributed by atoms with Crippen LogP contribution in [0.5, 0.6) is 5.75 Å². The number of benzene rings is 1. The molecule has 1 N–H and O–H groups in total. The summed E-state index contributed by atoms with van der Waals surface area (Å²) in [6.45, 7) is -2.33. The molecular weight excluding hydrogens is 352 g/mol. The first-order chi connectivity index (χ1) is 11.9. The molecule has 0 fully saturated rings. The van der Waals surface area contributed by atoms with Crippen molar-refractivity contribution < 1.29 is 21.9 Å². The van der Waals surface area contributed by atoms with Crippen molar-refractivity contribution >= 4 is 21.5 Å². The number of sulfonamides is 1. The molecule has 6 nitrogen and oxygen atoms in total. The molecule has 25 heavy (non-hydrogen) atoms. The van der Waals surface area contributed by atoms with Crippen molar-refractivity contribution in [3.8, 4) is 5.75 Å². The number of para-hydroxylation sites is 1. The summed E-state index contributed by atoms with van der Waals surface area (Å²) in [5.41, 5.74) is 2.33. The Kier molecular flexibility index (Phi) is 4.76. The maximum Gasteiger partial charge on any atom is 0.387 e. The highest BCUT2D eigenvalue weighted by Crippen LogP contribution is 2.34. The molecule has 0 amide bonds. The van der Waals surface area contributed by atoms with Gasteiger partial charge in [-0.3, -0.25) is 4.31 Å². The fourth-order valence-electron chi connectivity index (χ4n) is 2.87. The molecule has 134 valence electrons. The van der Waals surface area contributed by atoms with Crippen LogP contribution in [-0.4, -0.2) is 32.8 Å². The predicted octanol–water partition coefficient (Wildman–Crippen LogP) is 2.62. The Balaban J connectivity index is 1.86. The molecular formula is C16H17F2N3O3S. The second kappa shape index (κ2) is 6.83. The Hall–Kier alpha value is -2.42. The zero-order valence-electron chi connectivity index (χ0n) is 13.4. The fraction of sp³-hybridized carbons (Fsp3) is 0.312. The minimum Gasteiger partial charge on any atom is -0.431 e. The van der Waals surface area contributed by atoms with E-state index in [-0.39, 0.29) is 18.1 Å². The van der Waals surface area contributed by atoms with Crippen LogP contribution in [0.25, 0.3) is 0 Å². The van der Waals surface area contributed by atoms with E-state index in [0.717, 1.165) is 11.1 Å². The first kappa shape index (κ1) is 17.4. The maximum atomic E-state index is 12.5. The second-order valence-corrected chi connectivity index (χ2v) is 7.50. The smallest absolute Gasteiger partial charge is 0.387 e. The third kappa shape index (κ3) is 3.81. The van der Waals surface area contributed by atoms with Gasteiger partial charge < -0.3 is 10.1 Å². The number of pyridine rings is 1. The van der Waals surface area contributed by atoms with Gasteiger partial charge >= 0.3 is 6.61 Å². The summed E-state index contributed by atoms with van der Waals surface area (Å²) < 4.78 is 54.7. The topological polar surface area (TPSA) is 71.5 Å². The first-order valence-electron chi connectivity index (χ1n) is 7.58. The van der Waals surface area contributed by atoms with E-state index in [1.165, 1.54) is 28.9 Å². The van der Waals surface area contributed by atoms with Crippen molar-refractivity contribution in [1.29, 1.82) is 0 Å². The SMILES string of the molecule is CS(=O)(=O)N1CCc2cccc(CNc3ncccc3OC(F)F)c21. The van der Waals surface area contributed by atoms with Crippen LogP contribution in [-0.2, 0) is 23.0 Å². The zero-order chi connectivity index (χ0) is 18.0. The van der Waals surface area contributed by atoms with Crippen LogP contribution >= 0.6 is 0 Å². The summed E-state index contributed by atoms with van der Waals surface area (Å²) in [5, 5.41) is 2.95. The molecule has 0 aliphatic carbocycles. The highest BCUT2D eigenvalue weighted by molar-refractivity contribution is 7.92. The van der Waals surface area contributed by atoms with Crippen LogP contribution in [0, 0.1) is 0 Å². The van der Waals surface area contributed by atoms with E-state index in [0.29, 0.717) is 18.7 Å². The van der Waals surface area contributed by atoms with Crippen LogP contribution in [0.15, 0.2) is 36.5 Å². The lowest BCUT2D eigenvalue weighted by Gasteiger charge is -2.20. The van der Waals surface area contributed by atoms with Crippen LogP contribution in [0.2, 0.25) is 0 Å². The molecule has 3 rings (SSSR count). The normalized spacial score (nSPS) is 13.8. The lowest BCUT2D eigenvalue weighted by Crippen LogP contribution is -2.28. The fourth-order valence-corrected chi connectivity index (χ4v) is 3.86. The van der Waals surface area contributed by atoms with Crippen LogP contribution in [0.4, 0.5) is 20.3 Å². The van der Waals surface area contributed by atoms with Crippen molar-refractivity contribution in [2.75, 3.05) is 22.4 Å². The average molecular weight is 369 g/mol. The Labute approximate surface area is 144 Å². The van der Waals surface area contributed by atoms with Gasteiger partial charge in [-0.15, -0.1) is 0 Å². The predicted molar refractivity (Wildman–Crippen MR) is 90.5 cm³/mol. The van der Waals surface area contributed by atoms with Gasteiger partial charge in [0.2, 0.25) is 10.0 Å². The molecule has 0 saturated heterocycles. The molecule has 0 saturated carbocycles. The number of aromatic nitrogens is 1. The summed E-state index contributed by atoms with van der Waals surface area (Å²) >= 11 is 0. The van der Waals surface area contributed by atoms with Gasteiger partial charge in [-0.1, -0.05) is 18.2 Å². The van der Waals surface area contributed by atoms with Gasteiger partial charge in [0.1, 0.15) is 0 Å². The number of rotatable bonds is 6. The number of anilines is 2. The van der Waals surface area contributed by atoms with E-state index < -0.39 is 16.6 Å².